The number of carbonyl (C=O) groups excluding carboxylic acids is 1. The number of ether oxygens (including phenoxy) is 1. The lowest BCUT2D eigenvalue weighted by Gasteiger charge is -2.55. The van der Waals surface area contributed by atoms with Crippen LogP contribution in [0.25, 0.3) is 10.4 Å². The van der Waals surface area contributed by atoms with Crippen molar-refractivity contribution in [3.63, 3.8) is 0 Å². The normalized spacial score (nSPS) is 31.5. The third kappa shape index (κ3) is 3.26. The Morgan fingerprint density at radius 2 is 2.00 bits per heavy atom. The van der Waals surface area contributed by atoms with Gasteiger partial charge in [0.15, 0.2) is 4.80 Å². The second kappa shape index (κ2) is 7.23. The molecular formula is C22H27N3O2S. The average molecular weight is 398 g/mol. The predicted octanol–water partition coefficient (Wildman–Crippen LogP) is 3.90. The first-order valence-electron chi connectivity index (χ1n) is 10.3. The van der Waals surface area contributed by atoms with Crippen molar-refractivity contribution in [2.75, 3.05) is 13.7 Å². The summed E-state index contributed by atoms with van der Waals surface area (Å²) < 4.78 is 7.33. The largest absolute Gasteiger partial charge is 0.383 e. The summed E-state index contributed by atoms with van der Waals surface area (Å²) in [5, 5.41) is 0. The highest BCUT2D eigenvalue weighted by Gasteiger charge is 2.54. The SMILES string of the molecule is COCCn1cc(-c2cccnc2)s/c1=N\C(=O)C12CC3CC(CC(C3)C1)C2. The third-order valence-corrected chi connectivity index (χ3v) is 7.96. The van der Waals surface area contributed by atoms with Crippen LogP contribution in [0.3, 0.4) is 0 Å². The molecule has 4 saturated carbocycles. The summed E-state index contributed by atoms with van der Waals surface area (Å²) in [5.74, 6) is 2.37. The quantitative estimate of drug-likeness (QED) is 0.769. The molecule has 0 unspecified atom stereocenters. The van der Waals surface area contributed by atoms with Gasteiger partial charge < -0.3 is 9.30 Å². The lowest BCUT2D eigenvalue weighted by atomic mass is 9.49. The lowest BCUT2D eigenvalue weighted by Crippen LogP contribution is -2.49. The second-order valence-corrected chi connectivity index (χ2v) is 9.93. The molecule has 2 aromatic rings. The van der Waals surface area contributed by atoms with E-state index in [2.05, 4.69) is 15.7 Å². The zero-order valence-electron chi connectivity index (χ0n) is 16.3. The number of amides is 1. The number of nitrogens with zero attached hydrogens (tertiary/aromatic N) is 3. The van der Waals surface area contributed by atoms with E-state index in [-0.39, 0.29) is 11.3 Å². The number of aromatic nitrogens is 2. The first-order valence-corrected chi connectivity index (χ1v) is 11.2. The molecule has 148 valence electrons. The Hall–Kier alpha value is -1.79. The van der Waals surface area contributed by atoms with Crippen molar-refractivity contribution in [1.29, 1.82) is 0 Å². The highest BCUT2D eigenvalue weighted by atomic mass is 32.1. The van der Waals surface area contributed by atoms with Gasteiger partial charge in [-0.3, -0.25) is 9.78 Å². The summed E-state index contributed by atoms with van der Waals surface area (Å²) in [4.78, 5) is 24.2. The lowest BCUT2D eigenvalue weighted by molar-refractivity contribution is -0.142. The predicted molar refractivity (Wildman–Crippen MR) is 109 cm³/mol. The van der Waals surface area contributed by atoms with Crippen molar-refractivity contribution in [1.82, 2.24) is 9.55 Å². The van der Waals surface area contributed by atoms with Crippen molar-refractivity contribution in [3.8, 4) is 10.4 Å². The molecule has 4 aliphatic carbocycles. The topological polar surface area (TPSA) is 56.5 Å². The van der Waals surface area contributed by atoms with Crippen LogP contribution >= 0.6 is 11.3 Å². The Kier molecular flexibility index (Phi) is 4.71. The highest BCUT2D eigenvalue weighted by molar-refractivity contribution is 7.12. The van der Waals surface area contributed by atoms with Crippen molar-refractivity contribution in [3.05, 3.63) is 35.5 Å². The van der Waals surface area contributed by atoms with Gasteiger partial charge in [-0.15, -0.1) is 0 Å². The van der Waals surface area contributed by atoms with Crippen LogP contribution in [0.2, 0.25) is 0 Å². The summed E-state index contributed by atoms with van der Waals surface area (Å²) in [5.41, 5.74) is 0.870. The molecule has 2 heterocycles. The molecule has 0 radical (unpaired) electrons. The molecule has 1 amide bonds. The Bertz CT molecular complexity index is 895. The summed E-state index contributed by atoms with van der Waals surface area (Å²) in [6, 6.07) is 3.98. The molecule has 0 saturated heterocycles. The van der Waals surface area contributed by atoms with Crippen LogP contribution < -0.4 is 4.80 Å². The molecule has 6 heteroatoms. The van der Waals surface area contributed by atoms with Gasteiger partial charge in [0.2, 0.25) is 0 Å². The maximum atomic E-state index is 13.4. The molecular weight excluding hydrogens is 370 g/mol. The van der Waals surface area contributed by atoms with Gasteiger partial charge in [0.1, 0.15) is 0 Å². The molecule has 5 nitrogen and oxygen atoms in total. The number of hydrogen-bond acceptors (Lipinski definition) is 4. The van der Waals surface area contributed by atoms with E-state index in [9.17, 15) is 4.79 Å². The Balaban J connectivity index is 1.50. The molecule has 4 bridgehead atoms. The fourth-order valence-electron chi connectivity index (χ4n) is 6.04. The zero-order valence-corrected chi connectivity index (χ0v) is 17.2. The summed E-state index contributed by atoms with van der Waals surface area (Å²) >= 11 is 1.58. The number of thiazole rings is 1. The summed E-state index contributed by atoms with van der Waals surface area (Å²) in [6.07, 6.45) is 12.9. The monoisotopic (exact) mass is 397 g/mol. The van der Waals surface area contributed by atoms with E-state index in [0.29, 0.717) is 13.2 Å². The molecule has 0 N–H and O–H groups in total. The van der Waals surface area contributed by atoms with E-state index in [4.69, 9.17) is 9.73 Å². The minimum atomic E-state index is -0.188. The molecule has 0 spiro atoms. The van der Waals surface area contributed by atoms with Crippen LogP contribution in [0.4, 0.5) is 0 Å². The molecule has 2 aromatic heterocycles. The van der Waals surface area contributed by atoms with Crippen molar-refractivity contribution in [2.45, 2.75) is 45.1 Å². The van der Waals surface area contributed by atoms with Crippen LogP contribution in [0.5, 0.6) is 0 Å². The Morgan fingerprint density at radius 3 is 2.61 bits per heavy atom. The summed E-state index contributed by atoms with van der Waals surface area (Å²) in [7, 11) is 1.70. The molecule has 28 heavy (non-hydrogen) atoms. The first kappa shape index (κ1) is 18.3. The van der Waals surface area contributed by atoms with Crippen molar-refractivity contribution < 1.29 is 9.53 Å². The van der Waals surface area contributed by atoms with Crippen LogP contribution in [-0.4, -0.2) is 29.2 Å². The standard InChI is InChI=1S/C22H27N3O2S/c1-27-6-5-25-14-19(18-3-2-4-23-13-18)28-21(25)24-20(26)22-10-15-7-16(11-22)9-17(8-15)12-22/h2-4,13-17H,5-12H2,1H3/b24-21-. The van der Waals surface area contributed by atoms with E-state index < -0.39 is 0 Å². The van der Waals surface area contributed by atoms with E-state index in [1.807, 2.05) is 18.3 Å². The number of rotatable bonds is 5. The van der Waals surface area contributed by atoms with Crippen LogP contribution in [0.15, 0.2) is 35.7 Å². The van der Waals surface area contributed by atoms with Gasteiger partial charge in [-0.2, -0.15) is 4.99 Å². The maximum absolute atomic E-state index is 13.4. The van der Waals surface area contributed by atoms with Gasteiger partial charge in [-0.25, -0.2) is 0 Å². The van der Waals surface area contributed by atoms with Crippen LogP contribution in [-0.2, 0) is 16.1 Å². The molecule has 6 rings (SSSR count). The smallest absolute Gasteiger partial charge is 0.254 e. The third-order valence-electron chi connectivity index (χ3n) is 6.89. The van der Waals surface area contributed by atoms with Gasteiger partial charge in [-0.1, -0.05) is 17.4 Å². The second-order valence-electron chi connectivity index (χ2n) is 8.92. The Labute approximate surface area is 169 Å². The zero-order chi connectivity index (χ0) is 19.1. The average Bonchev–Trinajstić information content (AvgIpc) is 3.08. The highest BCUT2D eigenvalue weighted by Crippen LogP contribution is 2.60. The van der Waals surface area contributed by atoms with Crippen molar-refractivity contribution in [2.24, 2.45) is 28.2 Å². The minimum absolute atomic E-state index is 0.123. The van der Waals surface area contributed by atoms with Crippen molar-refractivity contribution >= 4 is 17.2 Å². The number of pyridine rings is 1. The minimum Gasteiger partial charge on any atom is -0.383 e. The van der Waals surface area contributed by atoms with Gasteiger partial charge >= 0.3 is 0 Å². The first-order chi connectivity index (χ1) is 13.6. The summed E-state index contributed by atoms with van der Waals surface area (Å²) in [6.45, 7) is 1.29. The molecule has 4 aliphatic rings. The molecule has 0 aromatic carbocycles. The van der Waals surface area contributed by atoms with E-state index in [1.54, 1.807) is 24.6 Å². The van der Waals surface area contributed by atoms with Crippen LogP contribution in [0, 0.1) is 23.2 Å². The number of hydrogen-bond donors (Lipinski definition) is 0. The van der Waals surface area contributed by atoms with Crippen LogP contribution in [0.1, 0.15) is 38.5 Å². The van der Waals surface area contributed by atoms with Gasteiger partial charge in [0, 0.05) is 37.8 Å². The molecule has 4 fully saturated rings. The van der Waals surface area contributed by atoms with E-state index >= 15 is 0 Å². The van der Waals surface area contributed by atoms with Gasteiger partial charge in [0.05, 0.1) is 16.9 Å². The van der Waals surface area contributed by atoms with Gasteiger partial charge in [0.25, 0.3) is 5.91 Å². The maximum Gasteiger partial charge on any atom is 0.254 e. The van der Waals surface area contributed by atoms with Gasteiger partial charge in [-0.05, 0) is 62.3 Å². The molecule has 0 atom stereocenters. The number of carbonyl (C=O) groups is 1. The molecule has 0 aliphatic heterocycles. The van der Waals surface area contributed by atoms with E-state index in [1.165, 1.54) is 19.3 Å². The Morgan fingerprint density at radius 1 is 1.29 bits per heavy atom. The number of methoxy groups -OCH3 is 1. The van der Waals surface area contributed by atoms with E-state index in [0.717, 1.165) is 52.3 Å². The fraction of sp³-hybridized carbons (Fsp3) is 0.591. The fourth-order valence-corrected chi connectivity index (χ4v) is 7.04.